The molecule has 1 atom stereocenters. The highest BCUT2D eigenvalue weighted by Crippen LogP contribution is 2.35. The van der Waals surface area contributed by atoms with Crippen molar-refractivity contribution in [3.05, 3.63) is 65.3 Å². The molecule has 0 N–H and O–H groups in total. The fourth-order valence-corrected chi connectivity index (χ4v) is 3.49. The summed E-state index contributed by atoms with van der Waals surface area (Å²) in [4.78, 5) is 18.9. The molecule has 3 aromatic rings. The number of nitrogens with zero attached hydrogens (tertiary/aromatic N) is 4. The van der Waals surface area contributed by atoms with Crippen LogP contribution in [0, 0.1) is 17.1 Å². The Kier molecular flexibility index (Phi) is 4.96. The van der Waals surface area contributed by atoms with Gasteiger partial charge in [0.05, 0.1) is 29.9 Å². The van der Waals surface area contributed by atoms with Crippen molar-refractivity contribution in [2.24, 2.45) is 0 Å². The first kappa shape index (κ1) is 18.6. The predicted molar refractivity (Wildman–Crippen MR) is 100 cm³/mol. The molecule has 8 heteroatoms. The van der Waals surface area contributed by atoms with E-state index in [0.29, 0.717) is 36.0 Å². The lowest BCUT2D eigenvalue weighted by Crippen LogP contribution is -2.31. The Labute approximate surface area is 166 Å². The van der Waals surface area contributed by atoms with Crippen LogP contribution in [0.4, 0.5) is 4.39 Å². The molecule has 2 heterocycles. The SMILES string of the molecule is COc1ccccc1-c1noc([C@@H]2CCCN2C(=O)c2ccc(C#N)cc2F)n1. The number of para-hydroxylation sites is 1. The molecule has 0 unspecified atom stereocenters. The van der Waals surface area contributed by atoms with Crippen LogP contribution in [0.3, 0.4) is 0 Å². The van der Waals surface area contributed by atoms with Crippen molar-refractivity contribution >= 4 is 5.91 Å². The molecule has 29 heavy (non-hydrogen) atoms. The molecule has 1 aromatic heterocycles. The van der Waals surface area contributed by atoms with Crippen LogP contribution >= 0.6 is 0 Å². The van der Waals surface area contributed by atoms with E-state index < -0.39 is 17.8 Å². The lowest BCUT2D eigenvalue weighted by atomic mass is 10.1. The zero-order valence-electron chi connectivity index (χ0n) is 15.6. The maximum absolute atomic E-state index is 14.3. The van der Waals surface area contributed by atoms with Gasteiger partial charge in [-0.15, -0.1) is 0 Å². The summed E-state index contributed by atoms with van der Waals surface area (Å²) in [6, 6.07) is 12.5. The summed E-state index contributed by atoms with van der Waals surface area (Å²) in [7, 11) is 1.56. The third-order valence-corrected chi connectivity index (χ3v) is 4.92. The van der Waals surface area contributed by atoms with Gasteiger partial charge in [-0.3, -0.25) is 4.79 Å². The van der Waals surface area contributed by atoms with Gasteiger partial charge in [-0.25, -0.2) is 4.39 Å². The summed E-state index contributed by atoms with van der Waals surface area (Å²) in [5.74, 6) is 0.0810. The van der Waals surface area contributed by atoms with Crippen molar-refractivity contribution in [1.82, 2.24) is 15.0 Å². The quantitative estimate of drug-likeness (QED) is 0.672. The summed E-state index contributed by atoms with van der Waals surface area (Å²) in [6.45, 7) is 0.454. The molecule has 146 valence electrons. The lowest BCUT2D eigenvalue weighted by Gasteiger charge is -2.22. The standard InChI is InChI=1S/C21H17FN4O3/c1-28-18-7-3-2-5-15(18)19-24-20(29-25-19)17-6-4-10-26(17)21(27)14-9-8-13(12-23)11-16(14)22/h2-3,5,7-9,11,17H,4,6,10H2,1H3/t17-/m0/s1. The number of rotatable bonds is 4. The van der Waals surface area contributed by atoms with E-state index in [4.69, 9.17) is 14.5 Å². The molecule has 0 saturated carbocycles. The molecule has 4 rings (SSSR count). The molecule has 2 aromatic carbocycles. The zero-order chi connectivity index (χ0) is 20.4. The lowest BCUT2D eigenvalue weighted by molar-refractivity contribution is 0.0705. The van der Waals surface area contributed by atoms with Crippen molar-refractivity contribution in [3.8, 4) is 23.2 Å². The van der Waals surface area contributed by atoms with Gasteiger partial charge in [-0.05, 0) is 43.2 Å². The number of amides is 1. The number of carbonyl (C=O) groups is 1. The highest BCUT2D eigenvalue weighted by molar-refractivity contribution is 5.95. The van der Waals surface area contributed by atoms with Crippen molar-refractivity contribution in [3.63, 3.8) is 0 Å². The molecule has 0 bridgehead atoms. The van der Waals surface area contributed by atoms with E-state index in [1.165, 1.54) is 17.0 Å². The maximum atomic E-state index is 14.3. The monoisotopic (exact) mass is 392 g/mol. The second-order valence-corrected chi connectivity index (χ2v) is 6.62. The fraction of sp³-hybridized carbons (Fsp3) is 0.238. The van der Waals surface area contributed by atoms with Crippen LogP contribution in [0.5, 0.6) is 5.75 Å². The molecule has 1 aliphatic heterocycles. The average Bonchev–Trinajstić information content (AvgIpc) is 3.42. The van der Waals surface area contributed by atoms with E-state index in [2.05, 4.69) is 10.1 Å². The van der Waals surface area contributed by atoms with Crippen molar-refractivity contribution in [1.29, 1.82) is 5.26 Å². The normalized spacial score (nSPS) is 15.9. The van der Waals surface area contributed by atoms with E-state index in [-0.39, 0.29) is 11.1 Å². The van der Waals surface area contributed by atoms with Crippen molar-refractivity contribution in [2.75, 3.05) is 13.7 Å². The predicted octanol–water partition coefficient (Wildman–Crippen LogP) is 3.73. The van der Waals surface area contributed by atoms with Gasteiger partial charge in [0.2, 0.25) is 11.7 Å². The Hall–Kier alpha value is -3.73. The Balaban J connectivity index is 1.62. The van der Waals surface area contributed by atoms with Gasteiger partial charge < -0.3 is 14.2 Å². The van der Waals surface area contributed by atoms with Crippen LogP contribution < -0.4 is 4.74 Å². The molecular weight excluding hydrogens is 375 g/mol. The Morgan fingerprint density at radius 1 is 1.34 bits per heavy atom. The second kappa shape index (κ2) is 7.72. The average molecular weight is 392 g/mol. The number of halogens is 1. The smallest absolute Gasteiger partial charge is 0.257 e. The number of nitriles is 1. The van der Waals surface area contributed by atoms with Crippen molar-refractivity contribution < 1.29 is 18.4 Å². The minimum Gasteiger partial charge on any atom is -0.496 e. The number of carbonyl (C=O) groups excluding carboxylic acids is 1. The topological polar surface area (TPSA) is 92.3 Å². The number of methoxy groups -OCH3 is 1. The van der Waals surface area contributed by atoms with Gasteiger partial charge in [0.15, 0.2) is 0 Å². The van der Waals surface area contributed by atoms with Crippen LogP contribution in [0.2, 0.25) is 0 Å². The number of ether oxygens (including phenoxy) is 1. The maximum Gasteiger partial charge on any atom is 0.257 e. The summed E-state index contributed by atoms with van der Waals surface area (Å²) < 4.78 is 25.1. The first-order chi connectivity index (χ1) is 14.1. The van der Waals surface area contributed by atoms with Crippen LogP contribution in [0.1, 0.15) is 40.7 Å². The van der Waals surface area contributed by atoms with E-state index in [1.807, 2.05) is 24.3 Å². The number of aromatic nitrogens is 2. The summed E-state index contributed by atoms with van der Waals surface area (Å²) >= 11 is 0. The molecule has 1 fully saturated rings. The molecule has 0 aliphatic carbocycles. The van der Waals surface area contributed by atoms with Gasteiger partial charge >= 0.3 is 0 Å². The summed E-state index contributed by atoms with van der Waals surface area (Å²) in [5, 5.41) is 12.9. The number of hydrogen-bond acceptors (Lipinski definition) is 6. The third-order valence-electron chi connectivity index (χ3n) is 4.92. The van der Waals surface area contributed by atoms with Gasteiger partial charge in [0.1, 0.15) is 17.6 Å². The van der Waals surface area contributed by atoms with E-state index in [9.17, 15) is 9.18 Å². The van der Waals surface area contributed by atoms with Gasteiger partial charge in [-0.1, -0.05) is 17.3 Å². The zero-order valence-corrected chi connectivity index (χ0v) is 15.6. The molecule has 1 amide bonds. The molecule has 1 saturated heterocycles. The fourth-order valence-electron chi connectivity index (χ4n) is 3.49. The van der Waals surface area contributed by atoms with Crippen LogP contribution in [0.25, 0.3) is 11.4 Å². The highest BCUT2D eigenvalue weighted by atomic mass is 19.1. The summed E-state index contributed by atoms with van der Waals surface area (Å²) in [6.07, 6.45) is 1.37. The second-order valence-electron chi connectivity index (χ2n) is 6.62. The first-order valence-corrected chi connectivity index (χ1v) is 9.10. The van der Waals surface area contributed by atoms with Crippen LogP contribution in [-0.2, 0) is 0 Å². The van der Waals surface area contributed by atoms with Crippen LogP contribution in [0.15, 0.2) is 47.0 Å². The largest absolute Gasteiger partial charge is 0.496 e. The number of benzene rings is 2. The number of hydrogen-bond donors (Lipinski definition) is 0. The molecule has 0 spiro atoms. The van der Waals surface area contributed by atoms with Gasteiger partial charge in [0, 0.05) is 6.54 Å². The van der Waals surface area contributed by atoms with E-state index in [1.54, 1.807) is 13.2 Å². The Morgan fingerprint density at radius 2 is 2.17 bits per heavy atom. The molecule has 1 aliphatic rings. The highest BCUT2D eigenvalue weighted by Gasteiger charge is 2.35. The Bertz CT molecular complexity index is 1110. The number of likely N-dealkylation sites (tertiary alicyclic amines) is 1. The van der Waals surface area contributed by atoms with E-state index in [0.717, 1.165) is 12.5 Å². The van der Waals surface area contributed by atoms with Crippen LogP contribution in [-0.4, -0.2) is 34.6 Å². The molecule has 7 nitrogen and oxygen atoms in total. The summed E-state index contributed by atoms with van der Waals surface area (Å²) in [5.41, 5.74) is 0.759. The van der Waals surface area contributed by atoms with E-state index >= 15 is 0 Å². The van der Waals surface area contributed by atoms with Gasteiger partial charge in [-0.2, -0.15) is 10.2 Å². The Morgan fingerprint density at radius 3 is 2.93 bits per heavy atom. The minimum absolute atomic E-state index is 0.0830. The molecular formula is C21H17FN4O3. The molecule has 0 radical (unpaired) electrons. The van der Waals surface area contributed by atoms with Gasteiger partial charge in [0.25, 0.3) is 5.91 Å². The third kappa shape index (κ3) is 3.43. The van der Waals surface area contributed by atoms with Crippen molar-refractivity contribution in [2.45, 2.75) is 18.9 Å². The minimum atomic E-state index is -0.722. The first-order valence-electron chi connectivity index (χ1n) is 9.10.